The van der Waals surface area contributed by atoms with Crippen molar-refractivity contribution in [3.05, 3.63) is 54.1 Å². The largest absolute Gasteiger partial charge is 0.385 e. The van der Waals surface area contributed by atoms with Crippen molar-refractivity contribution in [1.29, 1.82) is 0 Å². The molecule has 0 atom stereocenters. The molecule has 0 saturated heterocycles. The molecule has 2 rings (SSSR count). The van der Waals surface area contributed by atoms with E-state index in [1.807, 2.05) is 0 Å². The Morgan fingerprint density at radius 2 is 1.95 bits per heavy atom. The third kappa shape index (κ3) is 2.54. The summed E-state index contributed by atoms with van der Waals surface area (Å²) < 4.78 is 13.6. The average molecular weight is 259 g/mol. The van der Waals surface area contributed by atoms with Crippen molar-refractivity contribution in [2.45, 2.75) is 0 Å². The van der Waals surface area contributed by atoms with E-state index in [-0.39, 0.29) is 11.6 Å². The maximum atomic E-state index is 13.6. The van der Waals surface area contributed by atoms with E-state index in [1.165, 1.54) is 17.0 Å². The Morgan fingerprint density at radius 3 is 2.58 bits per heavy atom. The summed E-state index contributed by atoms with van der Waals surface area (Å²) in [5.74, 6) is -0.730. The first kappa shape index (κ1) is 13.0. The van der Waals surface area contributed by atoms with E-state index in [4.69, 9.17) is 0 Å². The second kappa shape index (κ2) is 5.48. The maximum Gasteiger partial charge on any atom is 0.260 e. The Morgan fingerprint density at radius 1 is 1.26 bits per heavy atom. The van der Waals surface area contributed by atoms with Crippen LogP contribution in [0.15, 0.2) is 42.7 Å². The van der Waals surface area contributed by atoms with E-state index in [2.05, 4.69) is 10.3 Å². The molecule has 0 fully saturated rings. The Bertz CT molecular complexity index is 586. The quantitative estimate of drug-likeness (QED) is 0.921. The number of nitrogens with zero attached hydrogens (tertiary/aromatic N) is 2. The number of benzene rings is 1. The molecule has 0 aliphatic rings. The fourth-order valence-electron chi connectivity index (χ4n) is 1.82. The summed E-state index contributed by atoms with van der Waals surface area (Å²) in [6, 6.07) is 7.86. The van der Waals surface area contributed by atoms with Crippen LogP contribution in [0.4, 0.5) is 15.8 Å². The van der Waals surface area contributed by atoms with E-state index in [9.17, 15) is 9.18 Å². The van der Waals surface area contributed by atoms with Crippen molar-refractivity contribution in [2.24, 2.45) is 0 Å². The number of hydrogen-bond donors (Lipinski definition) is 1. The van der Waals surface area contributed by atoms with Crippen LogP contribution in [0, 0.1) is 5.82 Å². The van der Waals surface area contributed by atoms with Crippen LogP contribution in [0.1, 0.15) is 10.4 Å². The van der Waals surface area contributed by atoms with E-state index >= 15 is 0 Å². The van der Waals surface area contributed by atoms with Crippen molar-refractivity contribution in [2.75, 3.05) is 24.3 Å². The number of nitrogens with one attached hydrogen (secondary N) is 1. The van der Waals surface area contributed by atoms with E-state index in [0.29, 0.717) is 11.3 Å². The standard InChI is InChI=1S/C14H14FN3O/c1-16-13-11(4-3-5-12(13)15)14(19)18(2)10-6-8-17-9-7-10/h3-9,16H,1-2H3. The fraction of sp³-hybridized carbons (Fsp3) is 0.143. The van der Waals surface area contributed by atoms with Gasteiger partial charge in [0.2, 0.25) is 0 Å². The van der Waals surface area contributed by atoms with Crippen molar-refractivity contribution < 1.29 is 9.18 Å². The molecule has 0 aliphatic heterocycles. The van der Waals surface area contributed by atoms with Gasteiger partial charge in [0.15, 0.2) is 0 Å². The van der Waals surface area contributed by atoms with Gasteiger partial charge in [-0.3, -0.25) is 9.78 Å². The number of carbonyl (C=O) groups is 1. The molecule has 0 aliphatic carbocycles. The molecule has 1 aromatic carbocycles. The Hall–Kier alpha value is -2.43. The zero-order valence-corrected chi connectivity index (χ0v) is 10.7. The number of anilines is 2. The first-order valence-electron chi connectivity index (χ1n) is 5.79. The summed E-state index contributed by atoms with van der Waals surface area (Å²) in [5.41, 5.74) is 1.20. The van der Waals surface area contributed by atoms with Crippen LogP contribution in [0.5, 0.6) is 0 Å². The lowest BCUT2D eigenvalue weighted by molar-refractivity contribution is 0.0993. The third-order valence-electron chi connectivity index (χ3n) is 2.85. The lowest BCUT2D eigenvalue weighted by Crippen LogP contribution is -2.27. The monoisotopic (exact) mass is 259 g/mol. The normalized spacial score (nSPS) is 10.1. The molecule has 4 nitrogen and oxygen atoms in total. The molecule has 0 unspecified atom stereocenters. The summed E-state index contributed by atoms with van der Waals surface area (Å²) in [5, 5.41) is 2.72. The van der Waals surface area contributed by atoms with Crippen LogP contribution in [-0.2, 0) is 0 Å². The molecule has 19 heavy (non-hydrogen) atoms. The average Bonchev–Trinajstić information content (AvgIpc) is 2.46. The molecule has 2 aromatic rings. The number of pyridine rings is 1. The van der Waals surface area contributed by atoms with Gasteiger partial charge in [0.1, 0.15) is 5.82 Å². The molecule has 0 spiro atoms. The molecule has 1 heterocycles. The topological polar surface area (TPSA) is 45.2 Å². The SMILES string of the molecule is CNc1c(F)cccc1C(=O)N(C)c1ccncc1. The van der Waals surface area contributed by atoms with Gasteiger partial charge < -0.3 is 10.2 Å². The molecule has 1 amide bonds. The van der Waals surface area contributed by atoms with Gasteiger partial charge in [-0.05, 0) is 24.3 Å². The van der Waals surface area contributed by atoms with Gasteiger partial charge in [0, 0.05) is 32.2 Å². The predicted octanol–water partition coefficient (Wildman–Crippen LogP) is 2.54. The molecule has 0 bridgehead atoms. The van der Waals surface area contributed by atoms with Crippen LogP contribution in [0.2, 0.25) is 0 Å². The summed E-state index contributed by atoms with van der Waals surface area (Å²) >= 11 is 0. The van der Waals surface area contributed by atoms with Gasteiger partial charge in [-0.2, -0.15) is 0 Å². The Labute approximate surface area is 110 Å². The van der Waals surface area contributed by atoms with E-state index < -0.39 is 5.82 Å². The maximum absolute atomic E-state index is 13.6. The zero-order valence-electron chi connectivity index (χ0n) is 10.7. The molecule has 1 aromatic heterocycles. The summed E-state index contributed by atoms with van der Waals surface area (Å²) in [7, 11) is 3.23. The van der Waals surface area contributed by atoms with E-state index in [1.54, 1.807) is 44.7 Å². The minimum Gasteiger partial charge on any atom is -0.385 e. The third-order valence-corrected chi connectivity index (χ3v) is 2.85. The molecule has 0 radical (unpaired) electrons. The number of carbonyl (C=O) groups excluding carboxylic acids is 1. The minimum absolute atomic E-state index is 0.202. The van der Waals surface area contributed by atoms with Crippen LogP contribution in [-0.4, -0.2) is 25.0 Å². The predicted molar refractivity (Wildman–Crippen MR) is 72.9 cm³/mol. The molecule has 0 saturated carbocycles. The van der Waals surface area contributed by atoms with Crippen molar-refractivity contribution in [1.82, 2.24) is 4.98 Å². The fourth-order valence-corrected chi connectivity index (χ4v) is 1.82. The Kier molecular flexibility index (Phi) is 3.75. The van der Waals surface area contributed by atoms with Crippen molar-refractivity contribution >= 4 is 17.3 Å². The lowest BCUT2D eigenvalue weighted by atomic mass is 10.1. The molecule has 5 heteroatoms. The Balaban J connectivity index is 2.37. The van der Waals surface area contributed by atoms with Gasteiger partial charge in [0.05, 0.1) is 11.3 Å². The number of halogens is 1. The minimum atomic E-state index is -0.448. The number of para-hydroxylation sites is 1. The highest BCUT2D eigenvalue weighted by molar-refractivity contribution is 6.09. The number of aromatic nitrogens is 1. The number of hydrogen-bond acceptors (Lipinski definition) is 3. The van der Waals surface area contributed by atoms with Crippen LogP contribution in [0.25, 0.3) is 0 Å². The van der Waals surface area contributed by atoms with Crippen molar-refractivity contribution in [3.8, 4) is 0 Å². The van der Waals surface area contributed by atoms with Gasteiger partial charge in [0.25, 0.3) is 5.91 Å². The summed E-state index contributed by atoms with van der Waals surface area (Å²) in [4.78, 5) is 17.7. The summed E-state index contributed by atoms with van der Waals surface area (Å²) in [6.45, 7) is 0. The van der Waals surface area contributed by atoms with Gasteiger partial charge >= 0.3 is 0 Å². The highest BCUT2D eigenvalue weighted by Crippen LogP contribution is 2.22. The van der Waals surface area contributed by atoms with E-state index in [0.717, 1.165) is 0 Å². The van der Waals surface area contributed by atoms with Crippen LogP contribution in [0.3, 0.4) is 0 Å². The van der Waals surface area contributed by atoms with Gasteiger partial charge in [-0.1, -0.05) is 6.07 Å². The first-order chi connectivity index (χ1) is 9.15. The van der Waals surface area contributed by atoms with Crippen LogP contribution >= 0.6 is 0 Å². The second-order valence-corrected chi connectivity index (χ2v) is 3.98. The molecule has 1 N–H and O–H groups in total. The zero-order chi connectivity index (χ0) is 13.8. The highest BCUT2D eigenvalue weighted by atomic mass is 19.1. The second-order valence-electron chi connectivity index (χ2n) is 3.98. The molecular weight excluding hydrogens is 245 g/mol. The first-order valence-corrected chi connectivity index (χ1v) is 5.79. The van der Waals surface area contributed by atoms with Crippen molar-refractivity contribution in [3.63, 3.8) is 0 Å². The highest BCUT2D eigenvalue weighted by Gasteiger charge is 2.18. The summed E-state index contributed by atoms with van der Waals surface area (Å²) in [6.07, 6.45) is 3.20. The lowest BCUT2D eigenvalue weighted by Gasteiger charge is -2.19. The van der Waals surface area contributed by atoms with Gasteiger partial charge in [-0.25, -0.2) is 4.39 Å². The smallest absolute Gasteiger partial charge is 0.260 e. The van der Waals surface area contributed by atoms with Crippen LogP contribution < -0.4 is 10.2 Å². The molecule has 98 valence electrons. The van der Waals surface area contributed by atoms with Gasteiger partial charge in [-0.15, -0.1) is 0 Å². The number of rotatable bonds is 3. The molecular formula is C14H14FN3O. The number of amides is 1.